The molecule has 1 saturated heterocycles. The van der Waals surface area contributed by atoms with Gasteiger partial charge in [-0.3, -0.25) is 0 Å². The topological polar surface area (TPSA) is 135 Å². The lowest BCUT2D eigenvalue weighted by Gasteiger charge is -2.65. The van der Waals surface area contributed by atoms with Gasteiger partial charge in [-0.25, -0.2) is 4.79 Å². The maximum Gasteiger partial charge on any atom is 0.331 e. The molecular formula is C30H46O9. The van der Waals surface area contributed by atoms with E-state index in [1.807, 2.05) is 0 Å². The third-order valence-corrected chi connectivity index (χ3v) is 12.3. The molecule has 5 fully saturated rings. The van der Waals surface area contributed by atoms with Crippen molar-refractivity contribution in [2.45, 2.75) is 121 Å². The van der Waals surface area contributed by atoms with Crippen molar-refractivity contribution in [1.82, 2.24) is 0 Å². The van der Waals surface area contributed by atoms with E-state index >= 15 is 0 Å². The number of cyclic esters (lactones) is 1. The van der Waals surface area contributed by atoms with Crippen LogP contribution in [-0.4, -0.2) is 88.6 Å². The first-order chi connectivity index (χ1) is 18.4. The number of aliphatic hydroxyl groups excluding tert-OH is 3. The van der Waals surface area contributed by atoms with Crippen LogP contribution < -0.4 is 0 Å². The highest BCUT2D eigenvalue weighted by Crippen LogP contribution is 2.70. The van der Waals surface area contributed by atoms with Gasteiger partial charge in [0.15, 0.2) is 6.29 Å². The van der Waals surface area contributed by atoms with Gasteiger partial charge in [-0.05, 0) is 93.0 Å². The summed E-state index contributed by atoms with van der Waals surface area (Å²) in [5.41, 5.74) is -0.550. The molecule has 14 atom stereocenters. The summed E-state index contributed by atoms with van der Waals surface area (Å²) in [6.45, 7) is 6.46. The van der Waals surface area contributed by atoms with Gasteiger partial charge in [0.25, 0.3) is 0 Å². The Balaban J connectivity index is 1.18. The van der Waals surface area contributed by atoms with Crippen LogP contribution >= 0.6 is 0 Å². The number of hydrogen-bond acceptors (Lipinski definition) is 9. The van der Waals surface area contributed by atoms with Crippen LogP contribution in [0.25, 0.3) is 0 Å². The summed E-state index contributed by atoms with van der Waals surface area (Å²) in [7, 11) is 1.47. The van der Waals surface area contributed by atoms with E-state index in [2.05, 4.69) is 13.8 Å². The Morgan fingerprint density at radius 1 is 1.05 bits per heavy atom. The third kappa shape index (κ3) is 4.09. The fourth-order valence-electron chi connectivity index (χ4n) is 10.2. The zero-order chi connectivity index (χ0) is 27.9. The van der Waals surface area contributed by atoms with Gasteiger partial charge in [0, 0.05) is 18.6 Å². The summed E-state index contributed by atoms with van der Waals surface area (Å²) in [6, 6.07) is 0. The van der Waals surface area contributed by atoms with Gasteiger partial charge in [0.1, 0.15) is 24.9 Å². The number of rotatable bonds is 4. The lowest BCUT2D eigenvalue weighted by molar-refractivity contribution is -0.314. The minimum Gasteiger partial charge on any atom is -0.458 e. The standard InChI is InChI=1S/C30H46O9/c1-15-24(33)26(36-4)25(34)27(38-15)39-18-7-9-28(2)17(12-18)5-6-20-23(28)21(31)13-29(3)19(8-10-30(20,29)35)16-11-22(32)37-14-16/h11,15,17-21,23-27,31,33-35H,5-10,12-14H2,1-4H3/t15-,17-,18-,19+,20-,21-,23-,24+,25-,26+,27-,28+,29-,30-/m1/s1. The Kier molecular flexibility index (Phi) is 7.02. The molecular weight excluding hydrogens is 504 g/mol. The smallest absolute Gasteiger partial charge is 0.331 e. The molecule has 2 aliphatic heterocycles. The van der Waals surface area contributed by atoms with E-state index in [1.54, 1.807) is 13.0 Å². The summed E-state index contributed by atoms with van der Waals surface area (Å²) in [5.74, 6) is 0.0523. The highest BCUT2D eigenvalue weighted by atomic mass is 16.7. The minimum absolute atomic E-state index is 0.00175. The third-order valence-electron chi connectivity index (χ3n) is 12.3. The van der Waals surface area contributed by atoms with Crippen molar-refractivity contribution in [3.63, 3.8) is 0 Å². The lowest BCUT2D eigenvalue weighted by atomic mass is 9.42. The SMILES string of the molecule is CO[C@H]1[C@@H](O)[C@@H](C)O[C@H](O[C@@H]2CC[C@@]3(C)[C@H](CC[C@@H]4[C@@H]3[C@H](O)C[C@]3(C)[C@H](C5=CC(=O)OC5)CC[C@@]43O)C2)[C@@H]1O. The average molecular weight is 551 g/mol. The Labute approximate surface area is 230 Å². The van der Waals surface area contributed by atoms with Gasteiger partial charge in [0.2, 0.25) is 0 Å². The number of ether oxygens (including phenoxy) is 4. The first-order valence-electron chi connectivity index (χ1n) is 14.9. The van der Waals surface area contributed by atoms with E-state index in [1.165, 1.54) is 7.11 Å². The molecule has 39 heavy (non-hydrogen) atoms. The van der Waals surface area contributed by atoms with Gasteiger partial charge in [-0.15, -0.1) is 0 Å². The molecule has 0 radical (unpaired) electrons. The Hall–Kier alpha value is -1.07. The molecule has 0 spiro atoms. The summed E-state index contributed by atoms with van der Waals surface area (Å²) in [4.78, 5) is 11.8. The highest BCUT2D eigenvalue weighted by Gasteiger charge is 2.70. The monoisotopic (exact) mass is 550 g/mol. The van der Waals surface area contributed by atoms with E-state index < -0.39 is 47.8 Å². The molecule has 0 aromatic carbocycles. The van der Waals surface area contributed by atoms with Crippen LogP contribution in [0.2, 0.25) is 0 Å². The molecule has 4 N–H and O–H groups in total. The fourth-order valence-corrected chi connectivity index (χ4v) is 10.2. The number of fused-ring (bicyclic) bond motifs is 5. The molecule has 4 aliphatic carbocycles. The number of carbonyl (C=O) groups excluding carboxylic acids is 1. The maximum absolute atomic E-state index is 12.4. The van der Waals surface area contributed by atoms with E-state index in [4.69, 9.17) is 18.9 Å². The molecule has 0 aromatic rings. The molecule has 220 valence electrons. The Bertz CT molecular complexity index is 1000. The van der Waals surface area contributed by atoms with E-state index in [9.17, 15) is 25.2 Å². The van der Waals surface area contributed by atoms with Gasteiger partial charge >= 0.3 is 5.97 Å². The number of hydrogen-bond donors (Lipinski definition) is 4. The quantitative estimate of drug-likeness (QED) is 0.307. The molecule has 0 aromatic heterocycles. The van der Waals surface area contributed by atoms with Gasteiger partial charge < -0.3 is 39.4 Å². The predicted molar refractivity (Wildman–Crippen MR) is 139 cm³/mol. The van der Waals surface area contributed by atoms with Gasteiger partial charge in [-0.2, -0.15) is 0 Å². The first kappa shape index (κ1) is 28.1. The van der Waals surface area contributed by atoms with Crippen LogP contribution in [0, 0.1) is 34.5 Å². The second kappa shape index (κ2) is 9.75. The van der Waals surface area contributed by atoms with E-state index in [0.717, 1.165) is 44.1 Å². The van der Waals surface area contributed by atoms with Crippen LogP contribution in [-0.2, 0) is 23.7 Å². The zero-order valence-electron chi connectivity index (χ0n) is 23.6. The Morgan fingerprint density at radius 2 is 1.82 bits per heavy atom. The summed E-state index contributed by atoms with van der Waals surface area (Å²) < 4.78 is 22.7. The maximum atomic E-state index is 12.4. The van der Waals surface area contributed by atoms with Crippen molar-refractivity contribution in [2.75, 3.05) is 13.7 Å². The molecule has 9 nitrogen and oxygen atoms in total. The van der Waals surface area contributed by atoms with Gasteiger partial charge in [0.05, 0.1) is 23.9 Å². The summed E-state index contributed by atoms with van der Waals surface area (Å²) in [5, 5.41) is 45.2. The van der Waals surface area contributed by atoms with E-state index in [0.29, 0.717) is 25.4 Å². The van der Waals surface area contributed by atoms with Crippen LogP contribution in [0.1, 0.15) is 72.1 Å². The fraction of sp³-hybridized carbons (Fsp3) is 0.900. The molecule has 0 bridgehead atoms. The van der Waals surface area contributed by atoms with Crippen LogP contribution in [0.15, 0.2) is 11.6 Å². The molecule has 9 heteroatoms. The molecule has 4 saturated carbocycles. The first-order valence-corrected chi connectivity index (χ1v) is 14.9. The molecule has 2 heterocycles. The molecule has 6 aliphatic rings. The van der Waals surface area contributed by atoms with Crippen molar-refractivity contribution < 1.29 is 44.2 Å². The summed E-state index contributed by atoms with van der Waals surface area (Å²) >= 11 is 0. The number of esters is 1. The average Bonchev–Trinajstić information content (AvgIpc) is 3.42. The number of methoxy groups -OCH3 is 1. The normalized spacial score (nSPS) is 55.3. The molecule has 6 rings (SSSR count). The summed E-state index contributed by atoms with van der Waals surface area (Å²) in [6.07, 6.45) is 3.05. The van der Waals surface area contributed by atoms with Crippen molar-refractivity contribution in [2.24, 2.45) is 34.5 Å². The van der Waals surface area contributed by atoms with Gasteiger partial charge in [-0.1, -0.05) is 13.8 Å². The number of carbonyl (C=O) groups is 1. The zero-order valence-corrected chi connectivity index (χ0v) is 23.6. The second-order valence-corrected chi connectivity index (χ2v) is 13.9. The largest absolute Gasteiger partial charge is 0.458 e. The predicted octanol–water partition coefficient (Wildman–Crippen LogP) is 2.08. The number of aliphatic hydroxyl groups is 4. The lowest BCUT2D eigenvalue weighted by Crippen LogP contribution is -2.66. The van der Waals surface area contributed by atoms with Crippen molar-refractivity contribution in [1.29, 1.82) is 0 Å². The minimum atomic E-state index is -1.08. The van der Waals surface area contributed by atoms with Crippen molar-refractivity contribution in [3.05, 3.63) is 11.6 Å². The van der Waals surface area contributed by atoms with Crippen LogP contribution in [0.5, 0.6) is 0 Å². The Morgan fingerprint density at radius 3 is 2.51 bits per heavy atom. The highest BCUT2D eigenvalue weighted by molar-refractivity contribution is 5.85. The van der Waals surface area contributed by atoms with Crippen molar-refractivity contribution in [3.8, 4) is 0 Å². The molecule has 0 amide bonds. The van der Waals surface area contributed by atoms with E-state index in [-0.39, 0.29) is 35.2 Å². The van der Waals surface area contributed by atoms with Crippen LogP contribution in [0.4, 0.5) is 0 Å². The second-order valence-electron chi connectivity index (χ2n) is 13.9. The van der Waals surface area contributed by atoms with Crippen LogP contribution in [0.3, 0.4) is 0 Å². The molecule has 0 unspecified atom stereocenters. The van der Waals surface area contributed by atoms with Crippen molar-refractivity contribution >= 4 is 5.97 Å².